The zero-order chi connectivity index (χ0) is 15.4. The van der Waals surface area contributed by atoms with Gasteiger partial charge in [0.05, 0.1) is 0 Å². The summed E-state index contributed by atoms with van der Waals surface area (Å²) in [5, 5.41) is 17.0. The summed E-state index contributed by atoms with van der Waals surface area (Å²) in [6.45, 7) is 1.48. The highest BCUT2D eigenvalue weighted by atomic mass is 19.1. The van der Waals surface area contributed by atoms with Crippen LogP contribution in [0.4, 0.5) is 10.2 Å². The van der Waals surface area contributed by atoms with Gasteiger partial charge in [0, 0.05) is 12.1 Å². The van der Waals surface area contributed by atoms with Crippen LogP contribution in [0.2, 0.25) is 0 Å². The average molecular weight is 293 g/mol. The molecule has 0 bridgehead atoms. The van der Waals surface area contributed by atoms with Crippen LogP contribution in [-0.4, -0.2) is 33.3 Å². The number of carboxylic acid groups (broad SMARTS) is 1. The number of H-pyrrole nitrogens is 1. The molecule has 0 saturated carbocycles. The minimum Gasteiger partial charge on any atom is -0.481 e. The topological polar surface area (TPSA) is 104 Å². The fraction of sp³-hybridized carbons (Fsp3) is 0.154. The predicted octanol–water partition coefficient (Wildman–Crippen LogP) is 1.65. The Balaban J connectivity index is 1.97. The normalized spacial score (nSPS) is 11.7. The molecule has 1 aromatic carbocycles. The number of carboxylic acids is 1. The number of nitrogens with one attached hydrogen (secondary N) is 2. The third-order valence-corrected chi connectivity index (χ3v) is 2.54. The molecule has 3 N–H and O–H groups in total. The fourth-order valence-corrected chi connectivity index (χ4v) is 1.52. The molecule has 21 heavy (non-hydrogen) atoms. The van der Waals surface area contributed by atoms with E-state index in [0.717, 1.165) is 6.07 Å². The molecule has 1 heterocycles. The summed E-state index contributed by atoms with van der Waals surface area (Å²) in [5.74, 6) is -1.92. The lowest BCUT2D eigenvalue weighted by atomic mass is 10.3. The number of benzene rings is 1. The van der Waals surface area contributed by atoms with Crippen LogP contribution in [0.15, 0.2) is 30.3 Å². The van der Waals surface area contributed by atoms with E-state index < -0.39 is 23.8 Å². The minimum absolute atomic E-state index is 0.0621. The second kappa shape index (κ2) is 6.04. The molecule has 7 nitrogen and oxygen atoms in total. The Morgan fingerprint density at radius 2 is 2.19 bits per heavy atom. The van der Waals surface area contributed by atoms with Gasteiger partial charge in [-0.3, -0.25) is 9.89 Å². The van der Waals surface area contributed by atoms with Crippen LogP contribution in [-0.2, 0) is 4.79 Å². The van der Waals surface area contributed by atoms with Crippen LogP contribution < -0.4 is 10.1 Å². The number of hydrogen-bond donors (Lipinski definition) is 3. The van der Waals surface area contributed by atoms with Crippen molar-refractivity contribution < 1.29 is 23.8 Å². The number of aromatic carboxylic acids is 1. The van der Waals surface area contributed by atoms with Gasteiger partial charge in [-0.2, -0.15) is 5.10 Å². The number of carbonyl (C=O) groups is 2. The molecule has 1 amide bonds. The summed E-state index contributed by atoms with van der Waals surface area (Å²) in [6, 6.07) is 6.57. The number of rotatable bonds is 5. The monoisotopic (exact) mass is 293 g/mol. The Morgan fingerprint density at radius 1 is 1.43 bits per heavy atom. The summed E-state index contributed by atoms with van der Waals surface area (Å²) in [6.07, 6.45) is -0.906. The lowest BCUT2D eigenvalue weighted by molar-refractivity contribution is -0.122. The largest absolute Gasteiger partial charge is 0.481 e. The number of amides is 1. The zero-order valence-corrected chi connectivity index (χ0v) is 11.0. The number of anilines is 1. The summed E-state index contributed by atoms with van der Waals surface area (Å²) >= 11 is 0. The SMILES string of the molecule is CC(Oc1cccc(F)c1)C(=O)Nc1cc(C(=O)O)[nH]n1. The van der Waals surface area contributed by atoms with E-state index in [9.17, 15) is 14.0 Å². The van der Waals surface area contributed by atoms with E-state index in [0.29, 0.717) is 0 Å². The number of carbonyl (C=O) groups excluding carboxylic acids is 1. The molecule has 0 saturated heterocycles. The van der Waals surface area contributed by atoms with E-state index in [1.54, 1.807) is 0 Å². The number of hydrogen-bond acceptors (Lipinski definition) is 4. The summed E-state index contributed by atoms with van der Waals surface area (Å²) < 4.78 is 18.3. The van der Waals surface area contributed by atoms with E-state index in [-0.39, 0.29) is 17.3 Å². The van der Waals surface area contributed by atoms with Crippen molar-refractivity contribution in [2.24, 2.45) is 0 Å². The van der Waals surface area contributed by atoms with Gasteiger partial charge in [-0.05, 0) is 19.1 Å². The maximum atomic E-state index is 13.0. The number of aromatic amines is 1. The van der Waals surface area contributed by atoms with Crippen molar-refractivity contribution >= 4 is 17.7 Å². The van der Waals surface area contributed by atoms with Gasteiger partial charge >= 0.3 is 5.97 Å². The first-order valence-corrected chi connectivity index (χ1v) is 5.97. The van der Waals surface area contributed by atoms with Crippen molar-refractivity contribution in [3.63, 3.8) is 0 Å². The van der Waals surface area contributed by atoms with E-state index in [1.165, 1.54) is 31.2 Å². The van der Waals surface area contributed by atoms with Gasteiger partial charge in [0.25, 0.3) is 5.91 Å². The molecule has 0 radical (unpaired) electrons. The van der Waals surface area contributed by atoms with Crippen molar-refractivity contribution in [3.8, 4) is 5.75 Å². The van der Waals surface area contributed by atoms with Gasteiger partial charge in [0.2, 0.25) is 0 Å². The van der Waals surface area contributed by atoms with Crippen molar-refractivity contribution in [1.82, 2.24) is 10.2 Å². The van der Waals surface area contributed by atoms with E-state index >= 15 is 0 Å². The smallest absolute Gasteiger partial charge is 0.353 e. The van der Waals surface area contributed by atoms with Crippen molar-refractivity contribution in [3.05, 3.63) is 41.8 Å². The highest BCUT2D eigenvalue weighted by Gasteiger charge is 2.17. The summed E-state index contributed by atoms with van der Waals surface area (Å²) in [5.41, 5.74) is -0.149. The molecule has 0 spiro atoms. The molecule has 0 fully saturated rings. The summed E-state index contributed by atoms with van der Waals surface area (Å²) in [7, 11) is 0. The van der Waals surface area contributed by atoms with Gasteiger partial charge in [0.1, 0.15) is 17.3 Å². The molecule has 1 aromatic heterocycles. The number of aromatic nitrogens is 2. The van der Waals surface area contributed by atoms with Crippen LogP contribution >= 0.6 is 0 Å². The molecule has 2 aromatic rings. The molecule has 8 heteroatoms. The van der Waals surface area contributed by atoms with Gasteiger partial charge in [-0.15, -0.1) is 0 Å². The van der Waals surface area contributed by atoms with E-state index in [2.05, 4.69) is 15.5 Å². The molecule has 0 aliphatic carbocycles. The Hall–Kier alpha value is -2.90. The molecular weight excluding hydrogens is 281 g/mol. The highest BCUT2D eigenvalue weighted by Crippen LogP contribution is 2.14. The van der Waals surface area contributed by atoms with Crippen LogP contribution in [0, 0.1) is 5.82 Å². The first kappa shape index (κ1) is 14.5. The van der Waals surface area contributed by atoms with Crippen LogP contribution in [0.3, 0.4) is 0 Å². The van der Waals surface area contributed by atoms with Crippen molar-refractivity contribution in [2.45, 2.75) is 13.0 Å². The lowest BCUT2D eigenvalue weighted by Gasteiger charge is -2.13. The second-order valence-electron chi connectivity index (χ2n) is 4.18. The molecule has 0 aliphatic heterocycles. The molecule has 0 aliphatic rings. The molecule has 1 atom stereocenters. The lowest BCUT2D eigenvalue weighted by Crippen LogP contribution is -2.30. The Bertz CT molecular complexity index is 671. The molecule has 2 rings (SSSR count). The summed E-state index contributed by atoms with van der Waals surface area (Å²) in [4.78, 5) is 22.5. The van der Waals surface area contributed by atoms with Crippen LogP contribution in [0.5, 0.6) is 5.75 Å². The average Bonchev–Trinajstić information content (AvgIpc) is 2.87. The molecular formula is C13H12FN3O4. The Labute approximate surface area is 118 Å². The van der Waals surface area contributed by atoms with E-state index in [4.69, 9.17) is 9.84 Å². The van der Waals surface area contributed by atoms with Gasteiger partial charge in [-0.25, -0.2) is 9.18 Å². The predicted molar refractivity (Wildman–Crippen MR) is 70.7 cm³/mol. The van der Waals surface area contributed by atoms with Gasteiger partial charge in [0.15, 0.2) is 11.9 Å². The van der Waals surface area contributed by atoms with E-state index in [1.807, 2.05) is 0 Å². The second-order valence-corrected chi connectivity index (χ2v) is 4.18. The van der Waals surface area contributed by atoms with Gasteiger partial charge in [-0.1, -0.05) is 6.07 Å². The van der Waals surface area contributed by atoms with Crippen molar-refractivity contribution in [1.29, 1.82) is 0 Å². The Morgan fingerprint density at radius 3 is 2.81 bits per heavy atom. The fourth-order valence-electron chi connectivity index (χ4n) is 1.52. The highest BCUT2D eigenvalue weighted by molar-refractivity contribution is 5.94. The maximum Gasteiger partial charge on any atom is 0.353 e. The third-order valence-electron chi connectivity index (χ3n) is 2.54. The van der Waals surface area contributed by atoms with Crippen LogP contribution in [0.25, 0.3) is 0 Å². The zero-order valence-electron chi connectivity index (χ0n) is 11.0. The number of ether oxygens (including phenoxy) is 1. The van der Waals surface area contributed by atoms with Crippen molar-refractivity contribution in [2.75, 3.05) is 5.32 Å². The maximum absolute atomic E-state index is 13.0. The minimum atomic E-state index is -1.19. The standard InChI is InChI=1S/C13H12FN3O4/c1-7(21-9-4-2-3-8(14)5-9)12(18)15-11-6-10(13(19)20)16-17-11/h2-7H,1H3,(H,19,20)(H2,15,16,17,18). The number of nitrogens with zero attached hydrogens (tertiary/aromatic N) is 1. The first-order valence-electron chi connectivity index (χ1n) is 5.97. The quantitative estimate of drug-likeness (QED) is 0.777. The third kappa shape index (κ3) is 3.78. The number of halogens is 1. The molecule has 110 valence electrons. The van der Waals surface area contributed by atoms with Crippen LogP contribution in [0.1, 0.15) is 17.4 Å². The van der Waals surface area contributed by atoms with Gasteiger partial charge < -0.3 is 15.2 Å². The Kier molecular flexibility index (Phi) is 4.17. The molecule has 1 unspecified atom stereocenters. The first-order chi connectivity index (χ1) is 9.95.